The molecule has 2 bridgehead atoms. The largest absolute Gasteiger partial charge is 0.470 e. The molecule has 2 N–H and O–H groups in total. The number of nitrogens with zero attached hydrogens (tertiary/aromatic N) is 3. The van der Waals surface area contributed by atoms with Gasteiger partial charge in [-0.2, -0.15) is 0 Å². The molecule has 0 unspecified atom stereocenters. The number of anilines is 1. The van der Waals surface area contributed by atoms with Gasteiger partial charge < -0.3 is 29.7 Å². The monoisotopic (exact) mass is 621 g/mol. The number of fused-ring (bicyclic) bond motifs is 2. The number of hydrogen-bond donors (Lipinski definition) is 2. The third-order valence-corrected chi connectivity index (χ3v) is 10.1. The van der Waals surface area contributed by atoms with Gasteiger partial charge in [-0.05, 0) is 73.2 Å². The summed E-state index contributed by atoms with van der Waals surface area (Å²) >= 11 is 12.9. The zero-order valence-electron chi connectivity index (χ0n) is 24.5. The third kappa shape index (κ3) is 5.78. The Labute approximate surface area is 262 Å². The fraction of sp³-hybridized carbons (Fsp3) is 0.455. The number of rotatable bonds is 8. The Morgan fingerprint density at radius 1 is 1.12 bits per heavy atom. The summed E-state index contributed by atoms with van der Waals surface area (Å²) in [5, 5.41) is 12.4. The number of halogens is 2. The van der Waals surface area contributed by atoms with E-state index >= 15 is 0 Å². The Bertz CT molecular complexity index is 1550. The number of aryl methyl sites for hydroxylation is 1. The lowest BCUT2D eigenvalue weighted by Crippen LogP contribution is -2.60. The molecule has 1 amide bonds. The van der Waals surface area contributed by atoms with Crippen molar-refractivity contribution in [2.45, 2.75) is 70.3 Å². The minimum atomic E-state index is -0.0362. The molecule has 226 valence electrons. The van der Waals surface area contributed by atoms with E-state index in [1.807, 2.05) is 30.9 Å². The molecule has 2 aromatic carbocycles. The minimum absolute atomic E-state index is 0.0362. The Balaban J connectivity index is 1.14. The van der Waals surface area contributed by atoms with Crippen LogP contribution < -0.4 is 20.3 Å². The highest BCUT2D eigenvalue weighted by atomic mass is 35.5. The van der Waals surface area contributed by atoms with Gasteiger partial charge in [0.25, 0.3) is 11.8 Å². The second-order valence-corrected chi connectivity index (χ2v) is 13.0. The number of carbonyl (C=O) groups is 1. The van der Waals surface area contributed by atoms with E-state index in [0.29, 0.717) is 28.5 Å². The van der Waals surface area contributed by atoms with Gasteiger partial charge in [-0.15, -0.1) is 0 Å². The molecule has 0 radical (unpaired) electrons. The van der Waals surface area contributed by atoms with Crippen molar-refractivity contribution >= 4 is 40.4 Å². The van der Waals surface area contributed by atoms with Gasteiger partial charge in [0.05, 0.1) is 28.2 Å². The minimum Gasteiger partial charge on any atom is -0.470 e. The van der Waals surface area contributed by atoms with Crippen LogP contribution in [0.2, 0.25) is 10.0 Å². The van der Waals surface area contributed by atoms with Crippen molar-refractivity contribution in [2.24, 2.45) is 0 Å². The van der Waals surface area contributed by atoms with Gasteiger partial charge >= 0.3 is 0 Å². The smallest absolute Gasteiger partial charge is 0.257 e. The molecule has 3 aliphatic heterocycles. The van der Waals surface area contributed by atoms with Crippen LogP contribution in [0, 0.1) is 13.8 Å². The summed E-state index contributed by atoms with van der Waals surface area (Å²) in [5.41, 5.74) is 6.12. The van der Waals surface area contributed by atoms with E-state index in [4.69, 9.17) is 32.5 Å². The van der Waals surface area contributed by atoms with E-state index in [9.17, 15) is 4.79 Å². The van der Waals surface area contributed by atoms with Crippen LogP contribution in [0.1, 0.15) is 48.1 Å². The van der Waals surface area contributed by atoms with Gasteiger partial charge in [0.1, 0.15) is 11.9 Å². The van der Waals surface area contributed by atoms with Crippen LogP contribution in [0.4, 0.5) is 5.69 Å². The van der Waals surface area contributed by atoms with Crippen LogP contribution >= 0.6 is 23.2 Å². The number of hydrogen-bond acceptors (Lipinski definition) is 7. The van der Waals surface area contributed by atoms with Gasteiger partial charge in [0.15, 0.2) is 0 Å². The molecule has 3 atom stereocenters. The molecule has 7 rings (SSSR count). The SMILES string of the molecule is Cc1onc(O[C@@H]2CCN(c3ccc(C4=C(C(=O)N(Cc5cccc(Cl)c5Cl)C5CC5)[C@H]5CNC[C@@H](C4)N5)cc3)C2)c1C. The van der Waals surface area contributed by atoms with Crippen LogP contribution in [-0.4, -0.2) is 66.4 Å². The summed E-state index contributed by atoms with van der Waals surface area (Å²) in [4.78, 5) is 18.8. The predicted octanol–water partition coefficient (Wildman–Crippen LogP) is 5.53. The lowest BCUT2D eigenvalue weighted by atomic mass is 9.83. The van der Waals surface area contributed by atoms with Crippen molar-refractivity contribution in [3.63, 3.8) is 0 Å². The number of aromatic nitrogens is 1. The summed E-state index contributed by atoms with van der Waals surface area (Å²) in [7, 11) is 0. The number of amides is 1. The maximum Gasteiger partial charge on any atom is 0.257 e. The second kappa shape index (κ2) is 11.8. The molecule has 1 saturated carbocycles. The van der Waals surface area contributed by atoms with E-state index in [0.717, 1.165) is 91.1 Å². The van der Waals surface area contributed by atoms with Crippen molar-refractivity contribution in [3.05, 3.63) is 80.5 Å². The highest BCUT2D eigenvalue weighted by Gasteiger charge is 2.41. The zero-order valence-corrected chi connectivity index (χ0v) is 26.0. The number of nitrogens with one attached hydrogen (secondary N) is 2. The normalized spacial score (nSPS) is 23.5. The van der Waals surface area contributed by atoms with Crippen molar-refractivity contribution in [1.82, 2.24) is 20.7 Å². The lowest BCUT2D eigenvalue weighted by Gasteiger charge is -2.41. The molecule has 0 spiro atoms. The molecule has 4 aliphatic rings. The van der Waals surface area contributed by atoms with Crippen molar-refractivity contribution in [3.8, 4) is 5.88 Å². The van der Waals surface area contributed by atoms with Gasteiger partial charge in [-0.1, -0.05) is 47.5 Å². The first-order valence-corrected chi connectivity index (χ1v) is 16.0. The van der Waals surface area contributed by atoms with E-state index < -0.39 is 0 Å². The van der Waals surface area contributed by atoms with Crippen LogP contribution in [0.25, 0.3) is 5.57 Å². The fourth-order valence-electron chi connectivity index (χ4n) is 6.60. The highest BCUT2D eigenvalue weighted by Crippen LogP contribution is 2.38. The zero-order chi connectivity index (χ0) is 29.7. The molecule has 1 aliphatic carbocycles. The number of carbonyl (C=O) groups excluding carboxylic acids is 1. The summed E-state index contributed by atoms with van der Waals surface area (Å²) < 4.78 is 11.4. The van der Waals surface area contributed by atoms with Gasteiger partial charge in [0, 0.05) is 55.9 Å². The quantitative estimate of drug-likeness (QED) is 0.342. The van der Waals surface area contributed by atoms with Crippen LogP contribution in [-0.2, 0) is 11.3 Å². The fourth-order valence-corrected chi connectivity index (χ4v) is 6.98. The van der Waals surface area contributed by atoms with Crippen molar-refractivity contribution in [1.29, 1.82) is 0 Å². The maximum absolute atomic E-state index is 14.4. The van der Waals surface area contributed by atoms with Crippen LogP contribution in [0.3, 0.4) is 0 Å². The second-order valence-electron chi connectivity index (χ2n) is 12.2. The third-order valence-electron chi connectivity index (χ3n) is 9.27. The Kier molecular flexibility index (Phi) is 7.88. The summed E-state index contributed by atoms with van der Waals surface area (Å²) in [6, 6.07) is 14.8. The molecular weight excluding hydrogens is 585 g/mol. The molecule has 8 nitrogen and oxygen atoms in total. The van der Waals surface area contributed by atoms with E-state index in [-0.39, 0.29) is 24.1 Å². The Morgan fingerprint density at radius 3 is 2.67 bits per heavy atom. The number of piperazine rings is 1. The predicted molar refractivity (Wildman–Crippen MR) is 169 cm³/mol. The molecule has 1 aromatic heterocycles. The number of benzene rings is 2. The number of ether oxygens (including phenoxy) is 1. The molecule has 3 fully saturated rings. The average molecular weight is 623 g/mol. The van der Waals surface area contributed by atoms with E-state index in [1.54, 1.807) is 6.07 Å². The first-order valence-electron chi connectivity index (χ1n) is 15.2. The van der Waals surface area contributed by atoms with E-state index in [1.165, 1.54) is 0 Å². The van der Waals surface area contributed by atoms with Crippen molar-refractivity contribution < 1.29 is 14.1 Å². The molecule has 43 heavy (non-hydrogen) atoms. The van der Waals surface area contributed by atoms with Gasteiger partial charge in [0.2, 0.25) is 0 Å². The molecule has 2 saturated heterocycles. The Hall–Kier alpha value is -3.04. The summed E-state index contributed by atoms with van der Waals surface area (Å²) in [6.07, 6.45) is 3.81. The highest BCUT2D eigenvalue weighted by molar-refractivity contribution is 6.42. The summed E-state index contributed by atoms with van der Waals surface area (Å²) in [5.74, 6) is 1.47. The molecule has 3 aromatic rings. The lowest BCUT2D eigenvalue weighted by molar-refractivity contribution is -0.128. The topological polar surface area (TPSA) is 82.9 Å². The van der Waals surface area contributed by atoms with Gasteiger partial charge in [-0.3, -0.25) is 4.79 Å². The Morgan fingerprint density at radius 2 is 1.93 bits per heavy atom. The van der Waals surface area contributed by atoms with E-state index in [2.05, 4.69) is 45.0 Å². The van der Waals surface area contributed by atoms with Crippen LogP contribution in [0.5, 0.6) is 5.88 Å². The first kappa shape index (κ1) is 28.7. The average Bonchev–Trinajstić information content (AvgIpc) is 3.67. The summed E-state index contributed by atoms with van der Waals surface area (Å²) in [6.45, 7) is 7.65. The van der Waals surface area contributed by atoms with Crippen LogP contribution in [0.15, 0.2) is 52.6 Å². The van der Waals surface area contributed by atoms with Crippen molar-refractivity contribution in [2.75, 3.05) is 31.1 Å². The molecular formula is C33H37Cl2N5O3. The molecule has 10 heteroatoms. The van der Waals surface area contributed by atoms with Gasteiger partial charge in [-0.25, -0.2) is 0 Å². The first-order chi connectivity index (χ1) is 20.9. The molecule has 4 heterocycles. The standard InChI is InChI=1S/C33H37Cl2N5O3/c1-19-20(2)43-38-32(19)42-26-12-13-39(18-26)24-8-6-21(7-9-24)27-14-23-15-36-16-29(37-23)30(27)33(41)40(25-10-11-25)17-22-4-3-5-28(34)31(22)35/h3-9,23,25-26,29,36-37H,10-18H2,1-2H3/t23-,26-,29-/m1/s1. The maximum atomic E-state index is 14.4.